The van der Waals surface area contributed by atoms with Crippen LogP contribution in [0.3, 0.4) is 0 Å². The van der Waals surface area contributed by atoms with Gasteiger partial charge in [-0.25, -0.2) is 4.68 Å². The predicted molar refractivity (Wildman–Crippen MR) is 144 cm³/mol. The number of aromatic nitrogens is 6. The van der Waals surface area contributed by atoms with Gasteiger partial charge >= 0.3 is 6.36 Å². The summed E-state index contributed by atoms with van der Waals surface area (Å²) in [5, 5.41) is 15.4. The maximum Gasteiger partial charge on any atom is 0.573 e. The Kier molecular flexibility index (Phi) is 8.09. The average molecular weight is 558 g/mol. The number of nitrogens with one attached hydrogen (secondary N) is 1. The molecule has 1 N–H and O–H groups in total. The third kappa shape index (κ3) is 6.75. The number of benzene rings is 1. The van der Waals surface area contributed by atoms with Gasteiger partial charge in [0, 0.05) is 55.8 Å². The molecule has 0 fully saturated rings. The van der Waals surface area contributed by atoms with Gasteiger partial charge in [0.2, 0.25) is 0 Å². The van der Waals surface area contributed by atoms with E-state index in [9.17, 15) is 18.0 Å². The monoisotopic (exact) mass is 557 g/mol. The van der Waals surface area contributed by atoms with Crippen molar-refractivity contribution in [1.82, 2.24) is 34.7 Å². The molecule has 3 aromatic heterocycles. The number of hydrogen-bond acceptors (Lipinski definition) is 8. The normalized spacial score (nSPS) is 11.7. The molecule has 0 saturated carbocycles. The van der Waals surface area contributed by atoms with E-state index in [1.165, 1.54) is 23.0 Å². The largest absolute Gasteiger partial charge is 0.573 e. The van der Waals surface area contributed by atoms with Crippen LogP contribution in [0.4, 0.5) is 24.5 Å². The highest BCUT2D eigenvalue weighted by atomic mass is 19.4. The topological polar surface area (TPSA) is 106 Å². The Bertz CT molecular complexity index is 1510. The van der Waals surface area contributed by atoms with Crippen LogP contribution in [0, 0.1) is 13.8 Å². The van der Waals surface area contributed by atoms with Crippen LogP contribution in [0.1, 0.15) is 21.7 Å². The van der Waals surface area contributed by atoms with Crippen molar-refractivity contribution in [2.24, 2.45) is 7.05 Å². The standard InChI is InChI=1S/C26H30F3N9O2/c1-16-24(38-15-23(33-34-38)22-14-31-37(6)17(22)2)11-19(13-30-16)32-25(39)18-9-20(36(5)8-7-35(3)4)12-21(10-18)40-26(27,28)29/h9-15H,7-8H2,1-6H3,(H,32,39). The Hall–Kier alpha value is -4.46. The molecule has 14 heteroatoms. The van der Waals surface area contributed by atoms with Crippen molar-refractivity contribution in [1.29, 1.82) is 0 Å². The van der Waals surface area contributed by atoms with E-state index in [1.807, 2.05) is 33.0 Å². The lowest BCUT2D eigenvalue weighted by atomic mass is 10.1. The number of pyridine rings is 1. The van der Waals surface area contributed by atoms with Crippen molar-refractivity contribution in [3.8, 4) is 22.7 Å². The van der Waals surface area contributed by atoms with Crippen LogP contribution < -0.4 is 15.0 Å². The Morgan fingerprint density at radius 1 is 1.07 bits per heavy atom. The molecule has 40 heavy (non-hydrogen) atoms. The second-order valence-corrected chi connectivity index (χ2v) is 9.59. The minimum Gasteiger partial charge on any atom is -0.406 e. The fraction of sp³-hybridized carbons (Fsp3) is 0.346. The van der Waals surface area contributed by atoms with Crippen LogP contribution in [0.25, 0.3) is 16.9 Å². The van der Waals surface area contributed by atoms with E-state index < -0.39 is 18.0 Å². The lowest BCUT2D eigenvalue weighted by Crippen LogP contribution is -2.28. The van der Waals surface area contributed by atoms with Gasteiger partial charge in [0.1, 0.15) is 11.4 Å². The second kappa shape index (κ2) is 11.3. The molecule has 0 radical (unpaired) electrons. The molecule has 0 aliphatic carbocycles. The molecular formula is C26H30F3N9O2. The molecule has 3 heterocycles. The minimum atomic E-state index is -4.91. The zero-order valence-electron chi connectivity index (χ0n) is 23.0. The molecule has 1 amide bonds. The highest BCUT2D eigenvalue weighted by Crippen LogP contribution is 2.29. The van der Waals surface area contributed by atoms with E-state index in [2.05, 4.69) is 30.4 Å². The summed E-state index contributed by atoms with van der Waals surface area (Å²) in [6.45, 7) is 4.88. The SMILES string of the molecule is Cc1ncc(NC(=O)c2cc(OC(F)(F)F)cc(N(C)CCN(C)C)c2)cc1-n1cc(-c2cnn(C)c2C)nn1. The molecular weight excluding hydrogens is 527 g/mol. The number of ether oxygens (including phenoxy) is 1. The van der Waals surface area contributed by atoms with Gasteiger partial charge in [0.05, 0.1) is 35.7 Å². The van der Waals surface area contributed by atoms with Crippen molar-refractivity contribution < 1.29 is 22.7 Å². The molecule has 4 aromatic rings. The summed E-state index contributed by atoms with van der Waals surface area (Å²) >= 11 is 0. The van der Waals surface area contributed by atoms with Crippen LogP contribution in [-0.4, -0.2) is 81.2 Å². The van der Waals surface area contributed by atoms with Gasteiger partial charge in [-0.3, -0.25) is 14.5 Å². The Morgan fingerprint density at radius 2 is 1.82 bits per heavy atom. The van der Waals surface area contributed by atoms with Gasteiger partial charge in [-0.15, -0.1) is 18.3 Å². The number of likely N-dealkylation sites (N-methyl/N-ethyl adjacent to an activating group) is 2. The smallest absolute Gasteiger partial charge is 0.406 e. The highest BCUT2D eigenvalue weighted by molar-refractivity contribution is 6.05. The van der Waals surface area contributed by atoms with Crippen LogP contribution >= 0.6 is 0 Å². The minimum absolute atomic E-state index is 0.00864. The van der Waals surface area contributed by atoms with Gasteiger partial charge in [-0.2, -0.15) is 5.10 Å². The van der Waals surface area contributed by atoms with Crippen LogP contribution in [0.15, 0.2) is 42.9 Å². The predicted octanol–water partition coefficient (Wildman–Crippen LogP) is 3.83. The van der Waals surface area contributed by atoms with Crippen molar-refractivity contribution in [2.45, 2.75) is 20.2 Å². The molecule has 1 aromatic carbocycles. The molecule has 0 saturated heterocycles. The number of carbonyl (C=O) groups is 1. The number of anilines is 2. The van der Waals surface area contributed by atoms with Gasteiger partial charge in [-0.05, 0) is 46.1 Å². The fourth-order valence-corrected chi connectivity index (χ4v) is 3.89. The molecule has 0 aliphatic heterocycles. The quantitative estimate of drug-likeness (QED) is 0.331. The molecule has 4 rings (SSSR count). The molecule has 212 valence electrons. The molecule has 0 spiro atoms. The fourth-order valence-electron chi connectivity index (χ4n) is 3.89. The molecule has 0 bridgehead atoms. The summed E-state index contributed by atoms with van der Waals surface area (Å²) in [5.74, 6) is -1.12. The molecule has 11 nitrogen and oxygen atoms in total. The van der Waals surface area contributed by atoms with Gasteiger partial charge in [0.15, 0.2) is 0 Å². The second-order valence-electron chi connectivity index (χ2n) is 9.59. The molecule has 0 atom stereocenters. The van der Waals surface area contributed by atoms with E-state index in [1.54, 1.807) is 42.0 Å². The third-order valence-corrected chi connectivity index (χ3v) is 6.28. The van der Waals surface area contributed by atoms with Crippen LogP contribution in [0.2, 0.25) is 0 Å². The summed E-state index contributed by atoms with van der Waals surface area (Å²) in [4.78, 5) is 21.2. The van der Waals surface area contributed by atoms with Crippen LogP contribution in [-0.2, 0) is 7.05 Å². The summed E-state index contributed by atoms with van der Waals surface area (Å²) in [5.41, 5.74) is 4.28. The van der Waals surface area contributed by atoms with E-state index >= 15 is 0 Å². The van der Waals surface area contributed by atoms with Crippen LogP contribution in [0.5, 0.6) is 5.75 Å². The van der Waals surface area contributed by atoms with Crippen molar-refractivity contribution >= 4 is 17.3 Å². The lowest BCUT2D eigenvalue weighted by molar-refractivity contribution is -0.274. The number of amides is 1. The van der Waals surface area contributed by atoms with Gasteiger partial charge in [0.25, 0.3) is 5.91 Å². The van der Waals surface area contributed by atoms with E-state index in [-0.39, 0.29) is 5.56 Å². The Balaban J connectivity index is 1.60. The van der Waals surface area contributed by atoms with E-state index in [4.69, 9.17) is 0 Å². The summed E-state index contributed by atoms with van der Waals surface area (Å²) < 4.78 is 46.5. The number of halogens is 3. The van der Waals surface area contributed by atoms with Gasteiger partial charge in [-0.1, -0.05) is 5.21 Å². The summed E-state index contributed by atoms with van der Waals surface area (Å²) in [6, 6.07) is 5.47. The van der Waals surface area contributed by atoms with E-state index in [0.29, 0.717) is 41.5 Å². The number of rotatable bonds is 9. The Morgan fingerprint density at radius 3 is 2.48 bits per heavy atom. The van der Waals surface area contributed by atoms with Crippen molar-refractivity contribution in [3.63, 3.8) is 0 Å². The maximum absolute atomic E-state index is 13.2. The van der Waals surface area contributed by atoms with Crippen molar-refractivity contribution in [3.05, 3.63) is 59.8 Å². The molecule has 0 unspecified atom stereocenters. The summed E-state index contributed by atoms with van der Waals surface area (Å²) in [6.07, 6.45) is -0.0168. The first-order chi connectivity index (χ1) is 18.8. The first kappa shape index (κ1) is 28.5. The third-order valence-electron chi connectivity index (χ3n) is 6.28. The maximum atomic E-state index is 13.2. The zero-order valence-corrected chi connectivity index (χ0v) is 23.0. The first-order valence-corrected chi connectivity index (χ1v) is 12.3. The molecule has 0 aliphatic rings. The summed E-state index contributed by atoms with van der Waals surface area (Å²) in [7, 11) is 7.34. The zero-order chi connectivity index (χ0) is 29.2. The number of aryl methyl sites for hydroxylation is 2. The first-order valence-electron chi connectivity index (χ1n) is 12.3. The number of nitrogens with zero attached hydrogens (tertiary/aromatic N) is 8. The van der Waals surface area contributed by atoms with Gasteiger partial charge < -0.3 is 19.9 Å². The number of carbonyl (C=O) groups excluding carboxylic acids is 1. The highest BCUT2D eigenvalue weighted by Gasteiger charge is 2.31. The number of hydrogen-bond donors (Lipinski definition) is 1. The number of alkyl halides is 3. The lowest BCUT2D eigenvalue weighted by Gasteiger charge is -2.23. The average Bonchev–Trinajstić information content (AvgIpc) is 3.49. The Labute approximate surface area is 229 Å². The van der Waals surface area contributed by atoms with E-state index in [0.717, 1.165) is 17.3 Å². The van der Waals surface area contributed by atoms with Crippen molar-refractivity contribution in [2.75, 3.05) is 44.4 Å².